The lowest BCUT2D eigenvalue weighted by Crippen LogP contribution is -2.43. The molecule has 1 saturated heterocycles. The molecule has 3 N–H and O–H groups in total. The first-order valence-electron chi connectivity index (χ1n) is 17.5. The van der Waals surface area contributed by atoms with E-state index in [0.29, 0.717) is 37.3 Å². The minimum absolute atomic E-state index is 0.0820. The lowest BCUT2D eigenvalue weighted by Gasteiger charge is -2.39. The van der Waals surface area contributed by atoms with Gasteiger partial charge in [-0.3, -0.25) is 14.4 Å². The molecule has 4 aliphatic carbocycles. The van der Waals surface area contributed by atoms with E-state index >= 15 is 0 Å². The minimum atomic E-state index is -0.800. The largest absolute Gasteiger partial charge is 0.481 e. The summed E-state index contributed by atoms with van der Waals surface area (Å²) in [5.41, 5.74) is 2.35. The molecule has 6 unspecified atom stereocenters. The predicted molar refractivity (Wildman–Crippen MR) is 160 cm³/mol. The van der Waals surface area contributed by atoms with E-state index in [1.54, 1.807) is 0 Å². The summed E-state index contributed by atoms with van der Waals surface area (Å²) in [4.78, 5) is 44.8. The van der Waals surface area contributed by atoms with Gasteiger partial charge in [0.1, 0.15) is 5.54 Å². The Labute approximate surface area is 252 Å². The Morgan fingerprint density at radius 3 is 2.07 bits per heavy atom. The van der Waals surface area contributed by atoms with Crippen LogP contribution in [0, 0.1) is 41.4 Å². The number of rotatable bonds is 14. The van der Waals surface area contributed by atoms with Crippen molar-refractivity contribution in [1.82, 2.24) is 10.4 Å². The molecule has 1 aliphatic heterocycles. The average Bonchev–Trinajstić information content (AvgIpc) is 3.55. The van der Waals surface area contributed by atoms with E-state index in [9.17, 15) is 24.6 Å². The van der Waals surface area contributed by atoms with Crippen LogP contribution in [0.5, 0.6) is 0 Å². The van der Waals surface area contributed by atoms with Gasteiger partial charge < -0.3 is 20.0 Å². The van der Waals surface area contributed by atoms with Crippen molar-refractivity contribution in [2.24, 2.45) is 41.4 Å². The first-order valence-corrected chi connectivity index (χ1v) is 17.5. The summed E-state index contributed by atoms with van der Waals surface area (Å²) in [5.74, 6) is 0.440. The number of amides is 1. The van der Waals surface area contributed by atoms with Gasteiger partial charge in [-0.25, -0.2) is 5.48 Å². The third-order valence-corrected chi connectivity index (χ3v) is 12.1. The molecular formula is C34H56N2O6. The second kappa shape index (κ2) is 14.9. The van der Waals surface area contributed by atoms with Crippen LogP contribution in [0.15, 0.2) is 0 Å². The number of hydroxylamine groups is 1. The molecule has 0 aromatic carbocycles. The fraction of sp³-hybridized carbons (Fsp3) is 0.912. The van der Waals surface area contributed by atoms with E-state index in [1.165, 1.54) is 64.2 Å². The van der Waals surface area contributed by atoms with E-state index in [4.69, 9.17) is 4.84 Å². The summed E-state index contributed by atoms with van der Waals surface area (Å²) < 4.78 is 0. The zero-order chi connectivity index (χ0) is 29.5. The Kier molecular flexibility index (Phi) is 11.2. The number of nitrogens with one attached hydrogen (secondary N) is 1. The summed E-state index contributed by atoms with van der Waals surface area (Å²) in [6.07, 6.45) is 22.0. The van der Waals surface area contributed by atoms with Crippen LogP contribution in [0.4, 0.5) is 0 Å². The summed E-state index contributed by atoms with van der Waals surface area (Å²) in [5, 5.41) is 19.7. The number of hydrogen-bond acceptors (Lipinski definition) is 5. The van der Waals surface area contributed by atoms with E-state index in [0.717, 1.165) is 70.3 Å². The Bertz CT molecular complexity index is 916. The topological polar surface area (TPSA) is 116 Å². The quantitative estimate of drug-likeness (QED) is 0.122. The van der Waals surface area contributed by atoms with Crippen LogP contribution in [0.2, 0.25) is 0 Å². The van der Waals surface area contributed by atoms with E-state index in [1.807, 2.05) is 4.90 Å². The number of carboxylic acids is 2. The Hall–Kier alpha value is -1.67. The highest BCUT2D eigenvalue weighted by Crippen LogP contribution is 2.55. The number of carbonyl (C=O) groups is 3. The number of unbranched alkanes of at least 4 members (excludes halogenated alkanes) is 3. The monoisotopic (exact) mass is 588 g/mol. The molecule has 0 bridgehead atoms. The standard InChI is InChI=1S/C34H56N2O6/c37-31(38)29-17-15-26(24-11-5-3-6-12-24)21-28(29)23-42-35-19-9-1-2-10-20-36-33(41)34(36)22-27(16-18-30(34)32(39)40)25-13-7-4-8-14-25/h24-30,35H,1-23H2,(H,37,38)(H,39,40). The van der Waals surface area contributed by atoms with Crippen molar-refractivity contribution in [1.29, 1.82) is 0 Å². The van der Waals surface area contributed by atoms with Crippen LogP contribution in [-0.2, 0) is 19.2 Å². The number of carboxylic acid groups (broad SMARTS) is 2. The molecule has 4 saturated carbocycles. The summed E-state index contributed by atoms with van der Waals surface area (Å²) >= 11 is 0. The second-order valence-corrected chi connectivity index (χ2v) is 14.5. The first-order chi connectivity index (χ1) is 20.4. The second-order valence-electron chi connectivity index (χ2n) is 14.5. The summed E-state index contributed by atoms with van der Waals surface area (Å²) in [6.45, 7) is 1.86. The maximum atomic E-state index is 13.1. The van der Waals surface area contributed by atoms with Crippen LogP contribution < -0.4 is 5.48 Å². The van der Waals surface area contributed by atoms with Crippen molar-refractivity contribution in [3.05, 3.63) is 0 Å². The van der Waals surface area contributed by atoms with Crippen LogP contribution in [0.3, 0.4) is 0 Å². The van der Waals surface area contributed by atoms with Gasteiger partial charge in [0.2, 0.25) is 5.91 Å². The zero-order valence-electron chi connectivity index (χ0n) is 25.8. The van der Waals surface area contributed by atoms with Crippen molar-refractivity contribution in [3.63, 3.8) is 0 Å². The van der Waals surface area contributed by atoms with Gasteiger partial charge in [0.15, 0.2) is 0 Å². The van der Waals surface area contributed by atoms with Gasteiger partial charge in [0.25, 0.3) is 0 Å². The summed E-state index contributed by atoms with van der Waals surface area (Å²) in [6, 6.07) is 0. The minimum Gasteiger partial charge on any atom is -0.481 e. The molecule has 0 radical (unpaired) electrons. The average molecular weight is 589 g/mol. The zero-order valence-corrected chi connectivity index (χ0v) is 25.8. The van der Waals surface area contributed by atoms with E-state index in [-0.39, 0.29) is 17.7 Å². The molecule has 238 valence electrons. The Balaban J connectivity index is 0.976. The number of hydrogen-bond donors (Lipinski definition) is 3. The Morgan fingerprint density at radius 2 is 1.40 bits per heavy atom. The van der Waals surface area contributed by atoms with Gasteiger partial charge in [-0.05, 0) is 81.0 Å². The number of aliphatic carboxylic acids is 2. The molecule has 1 heterocycles. The van der Waals surface area contributed by atoms with Gasteiger partial charge in [-0.2, -0.15) is 0 Å². The lowest BCUT2D eigenvalue weighted by atomic mass is 9.66. The van der Waals surface area contributed by atoms with Crippen molar-refractivity contribution in [2.45, 2.75) is 134 Å². The van der Waals surface area contributed by atoms with Crippen LogP contribution in [0.25, 0.3) is 0 Å². The van der Waals surface area contributed by atoms with E-state index in [2.05, 4.69) is 5.48 Å². The molecule has 5 aliphatic rings. The van der Waals surface area contributed by atoms with Crippen molar-refractivity contribution in [3.8, 4) is 0 Å². The molecule has 1 spiro atoms. The number of carbonyl (C=O) groups excluding carboxylic acids is 1. The Morgan fingerprint density at radius 1 is 0.762 bits per heavy atom. The maximum absolute atomic E-state index is 13.1. The summed E-state index contributed by atoms with van der Waals surface area (Å²) in [7, 11) is 0. The molecular weight excluding hydrogens is 532 g/mol. The third-order valence-electron chi connectivity index (χ3n) is 12.1. The molecule has 5 rings (SSSR count). The normalized spacial score (nSPS) is 34.5. The van der Waals surface area contributed by atoms with Crippen LogP contribution >= 0.6 is 0 Å². The fourth-order valence-electron chi connectivity index (χ4n) is 9.66. The highest BCUT2D eigenvalue weighted by atomic mass is 16.6. The maximum Gasteiger partial charge on any atom is 0.309 e. The lowest BCUT2D eigenvalue weighted by molar-refractivity contribution is -0.148. The van der Waals surface area contributed by atoms with Gasteiger partial charge in [0.05, 0.1) is 18.4 Å². The molecule has 8 heteroatoms. The smallest absolute Gasteiger partial charge is 0.309 e. The molecule has 5 fully saturated rings. The molecule has 0 aromatic rings. The molecule has 6 atom stereocenters. The number of nitrogens with zero attached hydrogens (tertiary/aromatic N) is 1. The predicted octanol–water partition coefficient (Wildman–Crippen LogP) is 6.43. The van der Waals surface area contributed by atoms with Gasteiger partial charge in [0, 0.05) is 13.1 Å². The fourth-order valence-corrected chi connectivity index (χ4v) is 9.66. The SMILES string of the molecule is O=C(O)C1CCC(C2CCCCC2)CC1CONCCCCCCN1C(=O)C12CC(C1CCCCC1)CCC2C(=O)O. The molecule has 0 aromatic heterocycles. The molecule has 1 amide bonds. The van der Waals surface area contributed by atoms with Crippen molar-refractivity contribution < 1.29 is 29.4 Å². The van der Waals surface area contributed by atoms with Gasteiger partial charge >= 0.3 is 11.9 Å². The van der Waals surface area contributed by atoms with Crippen LogP contribution in [-0.4, -0.2) is 58.2 Å². The highest BCUT2D eigenvalue weighted by Gasteiger charge is 2.70. The van der Waals surface area contributed by atoms with Gasteiger partial charge in [-0.1, -0.05) is 77.0 Å². The van der Waals surface area contributed by atoms with Crippen molar-refractivity contribution in [2.75, 3.05) is 19.7 Å². The van der Waals surface area contributed by atoms with E-state index < -0.39 is 23.4 Å². The van der Waals surface area contributed by atoms with Crippen molar-refractivity contribution >= 4 is 17.8 Å². The highest BCUT2D eigenvalue weighted by molar-refractivity contribution is 6.06. The third kappa shape index (κ3) is 7.34. The molecule has 42 heavy (non-hydrogen) atoms. The first kappa shape index (κ1) is 31.7. The van der Waals surface area contributed by atoms with Crippen LogP contribution in [0.1, 0.15) is 128 Å². The van der Waals surface area contributed by atoms with Gasteiger partial charge in [-0.15, -0.1) is 0 Å². The molecule has 8 nitrogen and oxygen atoms in total.